The summed E-state index contributed by atoms with van der Waals surface area (Å²) in [7, 11) is 0. The quantitative estimate of drug-likeness (QED) is 0.578. The number of rotatable bonds is 8. The van der Waals surface area contributed by atoms with Crippen LogP contribution >= 0.6 is 11.8 Å². The zero-order valence-electron chi connectivity index (χ0n) is 13.2. The van der Waals surface area contributed by atoms with Gasteiger partial charge >= 0.3 is 5.97 Å². The highest BCUT2D eigenvalue weighted by atomic mass is 32.2. The zero-order valence-corrected chi connectivity index (χ0v) is 14.1. The first-order valence-electron chi connectivity index (χ1n) is 7.41. The molecule has 0 saturated carbocycles. The number of halogens is 1. The van der Waals surface area contributed by atoms with Crippen LogP contribution in [0.5, 0.6) is 0 Å². The van der Waals surface area contributed by atoms with Crippen LogP contribution in [0.25, 0.3) is 0 Å². The van der Waals surface area contributed by atoms with Crippen LogP contribution in [-0.2, 0) is 14.3 Å². The van der Waals surface area contributed by atoms with Gasteiger partial charge in [-0.05, 0) is 24.3 Å². The summed E-state index contributed by atoms with van der Waals surface area (Å²) in [5.41, 5.74) is 0.949. The summed E-state index contributed by atoms with van der Waals surface area (Å²) >= 11 is 1.07. The number of ketones is 1. The molecule has 2 rings (SSSR count). The molecule has 0 unspecified atom stereocenters. The molecule has 0 spiro atoms. The summed E-state index contributed by atoms with van der Waals surface area (Å²) in [4.78, 5) is 35.1. The summed E-state index contributed by atoms with van der Waals surface area (Å²) in [6.45, 7) is -0.328. The predicted molar refractivity (Wildman–Crippen MR) is 94.1 cm³/mol. The minimum absolute atomic E-state index is 0.0408. The molecule has 0 aromatic heterocycles. The Morgan fingerprint density at radius 3 is 2.32 bits per heavy atom. The standard InChI is InChI=1S/C18H16FNO4S/c19-14-6-8-15(9-7-14)20-17(22)11-25-12-18(23)24-10-16(21)13-4-2-1-3-5-13/h1-9H,10-12H2,(H,20,22). The average molecular weight is 361 g/mol. The normalized spacial score (nSPS) is 10.1. The second-order valence-electron chi connectivity index (χ2n) is 5.00. The Balaban J connectivity index is 1.64. The fourth-order valence-corrected chi connectivity index (χ4v) is 2.46. The zero-order chi connectivity index (χ0) is 18.1. The highest BCUT2D eigenvalue weighted by molar-refractivity contribution is 8.00. The van der Waals surface area contributed by atoms with Gasteiger partial charge in [-0.15, -0.1) is 11.8 Å². The van der Waals surface area contributed by atoms with Gasteiger partial charge in [0.15, 0.2) is 12.4 Å². The van der Waals surface area contributed by atoms with Crippen molar-refractivity contribution in [3.05, 3.63) is 66.0 Å². The molecule has 0 radical (unpaired) electrons. The van der Waals surface area contributed by atoms with Crippen molar-refractivity contribution in [2.24, 2.45) is 0 Å². The van der Waals surface area contributed by atoms with E-state index in [1.165, 1.54) is 24.3 Å². The van der Waals surface area contributed by atoms with E-state index in [-0.39, 0.29) is 35.6 Å². The van der Waals surface area contributed by atoms with Crippen molar-refractivity contribution in [2.75, 3.05) is 23.4 Å². The molecule has 0 saturated heterocycles. The van der Waals surface area contributed by atoms with Gasteiger partial charge < -0.3 is 10.1 Å². The Hall–Kier alpha value is -2.67. The number of carbonyl (C=O) groups excluding carboxylic acids is 3. The summed E-state index contributed by atoms with van der Waals surface area (Å²) in [6.07, 6.45) is 0. The Morgan fingerprint density at radius 2 is 1.64 bits per heavy atom. The number of thioether (sulfide) groups is 1. The van der Waals surface area contributed by atoms with E-state index in [4.69, 9.17) is 4.74 Å². The number of ether oxygens (including phenoxy) is 1. The van der Waals surface area contributed by atoms with Gasteiger partial charge in [0.2, 0.25) is 5.91 Å². The number of benzene rings is 2. The molecule has 0 aliphatic rings. The Bertz CT molecular complexity index is 735. The van der Waals surface area contributed by atoms with Crippen molar-refractivity contribution in [1.29, 1.82) is 0 Å². The third-order valence-corrected chi connectivity index (χ3v) is 3.95. The van der Waals surface area contributed by atoms with Crippen molar-refractivity contribution >= 4 is 35.1 Å². The van der Waals surface area contributed by atoms with Crippen molar-refractivity contribution in [1.82, 2.24) is 0 Å². The second-order valence-corrected chi connectivity index (χ2v) is 5.98. The van der Waals surface area contributed by atoms with Crippen LogP contribution in [-0.4, -0.2) is 35.8 Å². The first-order valence-corrected chi connectivity index (χ1v) is 8.57. The van der Waals surface area contributed by atoms with Crippen molar-refractivity contribution in [3.63, 3.8) is 0 Å². The monoisotopic (exact) mass is 361 g/mol. The molecule has 1 N–H and O–H groups in total. The molecule has 5 nitrogen and oxygen atoms in total. The third-order valence-electron chi connectivity index (χ3n) is 3.04. The summed E-state index contributed by atoms with van der Waals surface area (Å²) in [6, 6.07) is 13.9. The van der Waals surface area contributed by atoms with Gasteiger partial charge in [0.25, 0.3) is 0 Å². The molecule has 0 fully saturated rings. The number of hydrogen-bond acceptors (Lipinski definition) is 5. The van der Waals surface area contributed by atoms with Gasteiger partial charge in [0.1, 0.15) is 5.82 Å². The Morgan fingerprint density at radius 1 is 0.960 bits per heavy atom. The fourth-order valence-electron chi connectivity index (χ4n) is 1.85. The number of carbonyl (C=O) groups is 3. The summed E-state index contributed by atoms with van der Waals surface area (Å²) < 4.78 is 17.6. The van der Waals surface area contributed by atoms with E-state index in [0.29, 0.717) is 11.3 Å². The molecule has 130 valence electrons. The number of nitrogens with one attached hydrogen (secondary N) is 1. The third kappa shape index (κ3) is 6.76. The smallest absolute Gasteiger partial charge is 0.316 e. The lowest BCUT2D eigenvalue weighted by Crippen LogP contribution is -2.18. The number of anilines is 1. The fraction of sp³-hybridized carbons (Fsp3) is 0.167. The predicted octanol–water partition coefficient (Wildman–Crippen LogP) is 2.92. The lowest BCUT2D eigenvalue weighted by atomic mass is 10.1. The topological polar surface area (TPSA) is 72.5 Å². The number of amides is 1. The van der Waals surface area contributed by atoms with Crippen LogP contribution in [0.3, 0.4) is 0 Å². The van der Waals surface area contributed by atoms with E-state index >= 15 is 0 Å². The number of esters is 1. The maximum absolute atomic E-state index is 12.8. The van der Waals surface area contributed by atoms with Gasteiger partial charge in [0.05, 0.1) is 11.5 Å². The van der Waals surface area contributed by atoms with Gasteiger partial charge in [-0.1, -0.05) is 30.3 Å². The van der Waals surface area contributed by atoms with Gasteiger partial charge in [-0.3, -0.25) is 14.4 Å². The van der Waals surface area contributed by atoms with Crippen LogP contribution in [0.1, 0.15) is 10.4 Å². The number of Topliss-reactive ketones (excluding diaryl/α,β-unsaturated/α-hetero) is 1. The lowest BCUT2D eigenvalue weighted by molar-refractivity contribution is -0.139. The Kier molecular flexibility index (Phi) is 7.16. The SMILES string of the molecule is O=C(CSCC(=O)OCC(=O)c1ccccc1)Nc1ccc(F)cc1. The largest absolute Gasteiger partial charge is 0.457 e. The van der Waals surface area contributed by atoms with Crippen molar-refractivity contribution < 1.29 is 23.5 Å². The van der Waals surface area contributed by atoms with E-state index in [0.717, 1.165) is 11.8 Å². The molecule has 0 heterocycles. The summed E-state index contributed by atoms with van der Waals surface area (Å²) in [5, 5.41) is 2.58. The minimum Gasteiger partial charge on any atom is -0.457 e. The van der Waals surface area contributed by atoms with Crippen LogP contribution < -0.4 is 5.32 Å². The van der Waals surface area contributed by atoms with Crippen molar-refractivity contribution in [2.45, 2.75) is 0 Å². The first-order chi connectivity index (χ1) is 12.0. The van der Waals surface area contributed by atoms with Crippen LogP contribution in [0.2, 0.25) is 0 Å². The average Bonchev–Trinajstić information content (AvgIpc) is 2.62. The van der Waals surface area contributed by atoms with E-state index in [1.54, 1.807) is 30.3 Å². The van der Waals surface area contributed by atoms with E-state index < -0.39 is 5.97 Å². The first kappa shape index (κ1) is 18.7. The molecule has 2 aromatic rings. The van der Waals surface area contributed by atoms with Crippen LogP contribution in [0, 0.1) is 5.82 Å². The molecule has 0 bridgehead atoms. The van der Waals surface area contributed by atoms with Crippen LogP contribution in [0.15, 0.2) is 54.6 Å². The summed E-state index contributed by atoms with van der Waals surface area (Å²) in [5.74, 6) is -1.56. The van der Waals surface area contributed by atoms with Gasteiger partial charge in [-0.25, -0.2) is 4.39 Å². The van der Waals surface area contributed by atoms with Gasteiger partial charge in [0, 0.05) is 11.3 Å². The highest BCUT2D eigenvalue weighted by Gasteiger charge is 2.11. The maximum atomic E-state index is 12.8. The number of hydrogen-bond donors (Lipinski definition) is 1. The molecule has 0 aliphatic carbocycles. The second kappa shape index (κ2) is 9.58. The molecular formula is C18H16FNO4S. The van der Waals surface area contributed by atoms with E-state index in [1.807, 2.05) is 0 Å². The van der Waals surface area contributed by atoms with Crippen molar-refractivity contribution in [3.8, 4) is 0 Å². The van der Waals surface area contributed by atoms with Gasteiger partial charge in [-0.2, -0.15) is 0 Å². The Labute approximate surface area is 148 Å². The molecule has 0 atom stereocenters. The van der Waals surface area contributed by atoms with E-state index in [2.05, 4.69) is 5.32 Å². The molecule has 0 aliphatic heterocycles. The molecule has 2 aromatic carbocycles. The molecule has 7 heteroatoms. The highest BCUT2D eigenvalue weighted by Crippen LogP contribution is 2.10. The molecule has 1 amide bonds. The maximum Gasteiger partial charge on any atom is 0.316 e. The minimum atomic E-state index is -0.566. The lowest BCUT2D eigenvalue weighted by Gasteiger charge is -2.06. The van der Waals surface area contributed by atoms with E-state index in [9.17, 15) is 18.8 Å². The molecule has 25 heavy (non-hydrogen) atoms. The molecular weight excluding hydrogens is 345 g/mol. The van der Waals surface area contributed by atoms with Crippen LogP contribution in [0.4, 0.5) is 10.1 Å².